The van der Waals surface area contributed by atoms with E-state index in [2.05, 4.69) is 58.8 Å². The van der Waals surface area contributed by atoms with Crippen LogP contribution in [0.5, 0.6) is 5.75 Å². The van der Waals surface area contributed by atoms with Crippen molar-refractivity contribution in [1.29, 1.82) is 0 Å². The van der Waals surface area contributed by atoms with Crippen LogP contribution in [-0.2, 0) is 87.5 Å². The van der Waals surface area contributed by atoms with E-state index in [4.69, 9.17) is 9.84 Å². The van der Waals surface area contributed by atoms with Gasteiger partial charge < -0.3 is 30.7 Å². The minimum Gasteiger partial charge on any atom is -0.486 e. The van der Waals surface area contributed by atoms with Crippen LogP contribution in [0.25, 0.3) is 0 Å². The topological polar surface area (TPSA) is 260 Å². The van der Waals surface area contributed by atoms with Gasteiger partial charge in [0.2, 0.25) is 28.8 Å². The van der Waals surface area contributed by atoms with Crippen LogP contribution in [0.15, 0.2) is 133 Å². The second-order valence-electron chi connectivity index (χ2n) is 20.6. The van der Waals surface area contributed by atoms with Crippen LogP contribution in [0, 0.1) is 0 Å². The van der Waals surface area contributed by atoms with E-state index in [0.717, 1.165) is 70.8 Å². The van der Waals surface area contributed by atoms with E-state index >= 15 is 0 Å². The fraction of sp³-hybridized carbons (Fsp3) is 0.339. The van der Waals surface area contributed by atoms with Crippen LogP contribution >= 0.6 is 22.7 Å². The lowest BCUT2D eigenvalue weighted by molar-refractivity contribution is -0.835. The van der Waals surface area contributed by atoms with E-state index in [1.54, 1.807) is 55.3 Å². The van der Waals surface area contributed by atoms with Crippen LogP contribution in [0.1, 0.15) is 102 Å². The Labute approximate surface area is 496 Å². The number of aryl methyl sites for hydroxylation is 4. The highest BCUT2D eigenvalue weighted by atomic mass is 32.1. The van der Waals surface area contributed by atoms with E-state index in [1.165, 1.54) is 27.4 Å². The maximum absolute atomic E-state index is 13.8. The predicted octanol–water partition coefficient (Wildman–Crippen LogP) is 8.26. The van der Waals surface area contributed by atoms with Crippen LogP contribution in [0.2, 0.25) is 0 Å². The van der Waals surface area contributed by atoms with E-state index in [1.807, 2.05) is 97.1 Å². The number of hydrogen-bond donors (Lipinski definition) is 5. The molecule has 4 aromatic carbocycles. The van der Waals surface area contributed by atoms with Gasteiger partial charge in [0.1, 0.15) is 15.8 Å². The number of carbonyl (C=O) groups is 5. The predicted molar refractivity (Wildman–Crippen MR) is 322 cm³/mol. The van der Waals surface area contributed by atoms with Crippen molar-refractivity contribution in [1.82, 2.24) is 40.6 Å². The third-order valence-corrected chi connectivity index (χ3v) is 15.2. The lowest BCUT2D eigenvalue weighted by Crippen LogP contribution is -2.60. The van der Waals surface area contributed by atoms with Crippen molar-refractivity contribution >= 4 is 74.1 Å². The molecule has 8 rings (SSSR count). The Kier molecular flexibility index (Phi) is 22.7. The number of aromatic nitrogens is 8. The van der Waals surface area contributed by atoms with Gasteiger partial charge >= 0.3 is 11.0 Å². The van der Waals surface area contributed by atoms with Gasteiger partial charge in [0, 0.05) is 33.4 Å². The van der Waals surface area contributed by atoms with Gasteiger partial charge in [-0.3, -0.25) is 19.2 Å². The number of anilines is 4. The van der Waals surface area contributed by atoms with Crippen molar-refractivity contribution in [3.8, 4) is 5.75 Å². The van der Waals surface area contributed by atoms with Crippen molar-refractivity contribution in [3.63, 3.8) is 0 Å². The third-order valence-electron chi connectivity index (χ3n) is 13.3. The number of nitrogens with one attached hydrogen (secondary N) is 4. The number of carbonyl (C=O) groups excluding carboxylic acids is 5. The zero-order valence-corrected chi connectivity index (χ0v) is 49.1. The number of nitrogens with zero attached hydrogens (tertiary/aromatic N) is 9. The molecule has 0 aliphatic rings. The van der Waals surface area contributed by atoms with Crippen molar-refractivity contribution < 1.29 is 38.5 Å². The third kappa shape index (κ3) is 20.0. The molecule has 436 valence electrons. The molecule has 5 N–H and O–H groups in total. The summed E-state index contributed by atoms with van der Waals surface area (Å²) in [6.45, 7) is 4.06. The SMILES string of the molecule is CCCCN(C)C(=O)Cc1cccc(CC(=O)Nc2sc(CCCCc3ccc(NC(=O)Cc4ccccc4)nn3)n[n+]2C(C)(O)COc2cccc(CC(=O)Nc3nnc(CCCCc4ccc(NC(=O)Cc5ccccc5)nn4)s3)c2)c1. The number of aliphatic hydroxyl groups is 1. The Hall–Kier alpha value is -8.73. The van der Waals surface area contributed by atoms with Crippen LogP contribution in [0.3, 0.4) is 0 Å². The minimum absolute atomic E-state index is 0.00968. The summed E-state index contributed by atoms with van der Waals surface area (Å²) in [5, 5.41) is 55.9. The molecule has 84 heavy (non-hydrogen) atoms. The van der Waals surface area contributed by atoms with E-state index in [-0.39, 0.29) is 68.2 Å². The Balaban J connectivity index is 0.824. The molecule has 4 aromatic heterocycles. The molecule has 0 saturated carbocycles. The molecular weight excluding hydrogens is 1100 g/mol. The van der Waals surface area contributed by atoms with Crippen LogP contribution in [0.4, 0.5) is 21.9 Å². The fourth-order valence-corrected chi connectivity index (χ4v) is 10.7. The van der Waals surface area contributed by atoms with Gasteiger partial charge in [-0.05, 0) is 120 Å². The van der Waals surface area contributed by atoms with Gasteiger partial charge in [-0.15, -0.1) is 20.4 Å². The average Bonchev–Trinajstić information content (AvgIpc) is 4.11. The largest absolute Gasteiger partial charge is 0.486 e. The first kappa shape index (κ1) is 61.3. The Bertz CT molecular complexity index is 3440. The number of likely N-dealkylation sites (N-methyl/N-ethyl adjacent to an activating group) is 1. The highest BCUT2D eigenvalue weighted by molar-refractivity contribution is 7.15. The molecule has 20 nitrogen and oxygen atoms in total. The Morgan fingerprint density at radius 3 is 1.63 bits per heavy atom. The van der Waals surface area contributed by atoms with Gasteiger partial charge in [0.25, 0.3) is 5.72 Å². The normalized spacial score (nSPS) is 11.8. The van der Waals surface area contributed by atoms with E-state index in [9.17, 15) is 29.1 Å². The minimum atomic E-state index is -1.75. The number of unbranched alkanes of at least 4 members (excludes halogenated alkanes) is 3. The fourth-order valence-electron chi connectivity index (χ4n) is 8.87. The van der Waals surface area contributed by atoms with Crippen molar-refractivity contribution in [2.75, 3.05) is 41.5 Å². The Morgan fingerprint density at radius 2 is 1.05 bits per heavy atom. The average molecular weight is 1170 g/mol. The summed E-state index contributed by atoms with van der Waals surface area (Å²) in [6.07, 6.45) is 8.33. The number of benzene rings is 4. The van der Waals surface area contributed by atoms with E-state index < -0.39 is 5.72 Å². The molecule has 0 aliphatic carbocycles. The quantitative estimate of drug-likeness (QED) is 0.0202. The van der Waals surface area contributed by atoms with E-state index in [0.29, 0.717) is 76.9 Å². The number of amides is 5. The smallest absolute Gasteiger partial charge is 0.366 e. The summed E-state index contributed by atoms with van der Waals surface area (Å²) < 4.78 is 7.55. The monoisotopic (exact) mass is 1170 g/mol. The summed E-state index contributed by atoms with van der Waals surface area (Å²) in [6, 6.07) is 40.6. The molecule has 22 heteroatoms. The highest BCUT2D eigenvalue weighted by Gasteiger charge is 2.37. The summed E-state index contributed by atoms with van der Waals surface area (Å²) in [7, 11) is 1.80. The van der Waals surface area contributed by atoms with Gasteiger partial charge in [0.05, 0.1) is 43.5 Å². The summed E-state index contributed by atoms with van der Waals surface area (Å²) in [5.41, 5.74) is 3.87. The van der Waals surface area contributed by atoms with Crippen molar-refractivity contribution in [2.45, 2.75) is 116 Å². The van der Waals surface area contributed by atoms with Crippen LogP contribution in [-0.4, -0.2) is 95.4 Å². The maximum Gasteiger partial charge on any atom is 0.366 e. The molecule has 0 saturated heterocycles. The molecule has 5 amide bonds. The molecule has 8 aromatic rings. The molecule has 0 spiro atoms. The molecule has 0 radical (unpaired) electrons. The maximum atomic E-state index is 13.8. The second kappa shape index (κ2) is 31.1. The molecule has 0 bridgehead atoms. The molecule has 0 fully saturated rings. The van der Waals surface area contributed by atoms with Gasteiger partial charge in [-0.25, -0.2) is 4.79 Å². The summed E-state index contributed by atoms with van der Waals surface area (Å²) in [4.78, 5) is 66.6. The van der Waals surface area contributed by atoms with Gasteiger partial charge in [-0.1, -0.05) is 132 Å². The summed E-state index contributed by atoms with van der Waals surface area (Å²) in [5.74, 6) is 0.251. The number of ether oxygens (including phenoxy) is 1. The van der Waals surface area contributed by atoms with Crippen LogP contribution < -0.4 is 30.7 Å². The molecule has 0 aliphatic heterocycles. The molecule has 1 unspecified atom stereocenters. The summed E-state index contributed by atoms with van der Waals surface area (Å²) >= 11 is 2.58. The number of rotatable bonds is 31. The molecular formula is C62H70N13O7S2+. The van der Waals surface area contributed by atoms with Gasteiger partial charge in [-0.2, -0.15) is 15.5 Å². The first-order valence-electron chi connectivity index (χ1n) is 28.1. The second-order valence-corrected chi connectivity index (χ2v) is 22.8. The standard InChI is InChI=1S/C62H69N13O7S2/c1-4-5-34-74(3)59(80)41-46-23-16-22-45(35-46)39-56(79)66-61-75(73-58(84-61)29-15-13-26-49-31-33-52(70-68-49)64-54(77)38-44-20-10-7-11-21-44)62(2,81)42-82-50-27-17-24-47(36-50)40-55(78)65-60-72-71-57(83-60)28-14-12-25-48-30-32-51(69-67-48)63-53(76)37-43-18-8-6-9-19-43/h6-11,16-24,27,30-33,35-36,81H,4-5,12-15,25-26,28-29,34,37-42H2,1-3H3,(H3,63,64,65,69,70,72,76,77,78)/p+1. The zero-order valence-electron chi connectivity index (χ0n) is 47.5. The van der Waals surface area contributed by atoms with Gasteiger partial charge in [0.15, 0.2) is 18.2 Å². The first-order chi connectivity index (χ1) is 40.7. The molecule has 1 atom stereocenters. The van der Waals surface area contributed by atoms with Crippen molar-refractivity contribution in [2.24, 2.45) is 0 Å². The first-order valence-corrected chi connectivity index (χ1v) is 29.8. The van der Waals surface area contributed by atoms with Crippen molar-refractivity contribution in [3.05, 3.63) is 183 Å². The number of hydrogen-bond acceptors (Lipinski definition) is 16. The zero-order chi connectivity index (χ0) is 59.1. The molecule has 4 heterocycles. The lowest BCUT2D eigenvalue weighted by Gasteiger charge is -2.20. The Morgan fingerprint density at radius 1 is 0.536 bits per heavy atom. The highest BCUT2D eigenvalue weighted by Crippen LogP contribution is 2.24. The lowest BCUT2D eigenvalue weighted by atomic mass is 10.0.